The first kappa shape index (κ1) is 84.2. The molecule has 15 N–H and O–H groups in total. The van der Waals surface area contributed by atoms with E-state index in [9.17, 15) is 74.7 Å². The molecule has 0 bridgehead atoms. The Labute approximate surface area is 534 Å². The van der Waals surface area contributed by atoms with E-state index in [1.165, 1.54) is 34.6 Å². The van der Waals surface area contributed by atoms with Crippen LogP contribution in [0.1, 0.15) is 175 Å². The Bertz CT molecular complexity index is 2050. The van der Waals surface area contributed by atoms with Gasteiger partial charge in [0.15, 0.2) is 18.9 Å². The lowest BCUT2D eigenvalue weighted by Crippen LogP contribution is -2.64. The zero-order chi connectivity index (χ0) is 69.2. The number of rotatable bonds is 46. The van der Waals surface area contributed by atoms with E-state index in [2.05, 4.69) is 31.9 Å². The SMILES string of the molecule is CC(=O)NC1C(OCC(C)(C)CC(C)(C)CNC(=O)CCC(CCC(=O)NCC(C)(C)CC(C)(C)COC(OC(CO)[C@@H](C)O)[C@H](CO)NC(C)=O)CCC(=O)NCC(C)(C)CC(C)(C)COC(OC(CO)[C@@H](C)O)[C@H](CO)NC(C)=O)OC(CO)C(O)C1O. The van der Waals surface area contributed by atoms with E-state index in [-0.39, 0.29) is 82.4 Å². The van der Waals surface area contributed by atoms with Gasteiger partial charge in [0.05, 0.1) is 65.1 Å². The third-order valence-corrected chi connectivity index (χ3v) is 15.5. The van der Waals surface area contributed by atoms with E-state index < -0.39 is 163 Å². The van der Waals surface area contributed by atoms with Crippen molar-refractivity contribution in [3.05, 3.63) is 0 Å². The van der Waals surface area contributed by atoms with Crippen molar-refractivity contribution in [2.24, 2.45) is 38.4 Å². The molecule has 1 rings (SSSR count). The minimum atomic E-state index is -1.46. The maximum Gasteiger partial charge on any atom is 0.220 e. The van der Waals surface area contributed by atoms with Crippen molar-refractivity contribution in [1.82, 2.24) is 31.9 Å². The van der Waals surface area contributed by atoms with Gasteiger partial charge in [-0.25, -0.2) is 0 Å². The van der Waals surface area contributed by atoms with Gasteiger partial charge in [0, 0.05) is 59.7 Å². The van der Waals surface area contributed by atoms with Crippen LogP contribution in [-0.2, 0) is 57.2 Å². The first-order chi connectivity index (χ1) is 41.4. The van der Waals surface area contributed by atoms with E-state index in [1.807, 2.05) is 83.1 Å². The second-order valence-corrected chi connectivity index (χ2v) is 29.6. The van der Waals surface area contributed by atoms with Crippen LogP contribution >= 0.6 is 0 Å². The Morgan fingerprint density at radius 2 is 0.833 bits per heavy atom. The molecular formula is C63H120N6O21. The van der Waals surface area contributed by atoms with E-state index in [0.29, 0.717) is 38.5 Å². The Balaban J connectivity index is 3.21. The van der Waals surface area contributed by atoms with E-state index in [4.69, 9.17) is 28.4 Å². The van der Waals surface area contributed by atoms with Gasteiger partial charge < -0.3 is 106 Å². The van der Waals surface area contributed by atoms with Crippen LogP contribution in [0.5, 0.6) is 0 Å². The second kappa shape index (κ2) is 39.2. The highest BCUT2D eigenvalue weighted by molar-refractivity contribution is 5.77. The molecule has 1 aliphatic rings. The first-order valence-electron chi connectivity index (χ1n) is 31.6. The van der Waals surface area contributed by atoms with Crippen molar-refractivity contribution in [1.29, 1.82) is 0 Å². The van der Waals surface area contributed by atoms with Gasteiger partial charge >= 0.3 is 0 Å². The number of amides is 6. The molecule has 27 nitrogen and oxygen atoms in total. The molecule has 0 aliphatic carbocycles. The molecule has 90 heavy (non-hydrogen) atoms. The number of aliphatic hydroxyl groups is 9. The van der Waals surface area contributed by atoms with Crippen LogP contribution < -0.4 is 31.9 Å². The van der Waals surface area contributed by atoms with Crippen molar-refractivity contribution in [2.75, 3.05) is 72.5 Å². The summed E-state index contributed by atoms with van der Waals surface area (Å²) in [5.41, 5.74) is -3.04. The van der Waals surface area contributed by atoms with Gasteiger partial charge in [0.2, 0.25) is 35.4 Å². The van der Waals surface area contributed by atoms with Crippen molar-refractivity contribution in [3.63, 3.8) is 0 Å². The molecule has 0 radical (unpaired) electrons. The average molecular weight is 1300 g/mol. The van der Waals surface area contributed by atoms with Crippen LogP contribution in [0.4, 0.5) is 0 Å². The fourth-order valence-electron chi connectivity index (χ4n) is 11.9. The predicted octanol–water partition coefficient (Wildman–Crippen LogP) is 0.776. The lowest BCUT2D eigenvalue weighted by Gasteiger charge is -2.43. The minimum absolute atomic E-state index is 0.0795. The molecule has 1 saturated heterocycles. The molecule has 528 valence electrons. The summed E-state index contributed by atoms with van der Waals surface area (Å²) in [6.07, 6.45) is -8.88. The second-order valence-electron chi connectivity index (χ2n) is 29.6. The van der Waals surface area contributed by atoms with Crippen molar-refractivity contribution < 1.29 is 103 Å². The van der Waals surface area contributed by atoms with Gasteiger partial charge in [0.1, 0.15) is 48.6 Å². The van der Waals surface area contributed by atoms with Crippen LogP contribution in [0.2, 0.25) is 0 Å². The summed E-state index contributed by atoms with van der Waals surface area (Å²) in [6, 6.07) is -3.09. The van der Waals surface area contributed by atoms with Gasteiger partial charge in [-0.2, -0.15) is 0 Å². The van der Waals surface area contributed by atoms with Gasteiger partial charge in [-0.15, -0.1) is 0 Å². The van der Waals surface area contributed by atoms with Crippen LogP contribution in [0.25, 0.3) is 0 Å². The Morgan fingerprint density at radius 3 is 1.12 bits per heavy atom. The molecule has 9 unspecified atom stereocenters. The summed E-state index contributed by atoms with van der Waals surface area (Å²) < 4.78 is 35.8. The monoisotopic (exact) mass is 1300 g/mol. The van der Waals surface area contributed by atoms with Crippen molar-refractivity contribution >= 4 is 35.4 Å². The number of nitrogens with one attached hydrogen (secondary N) is 6. The van der Waals surface area contributed by atoms with Crippen LogP contribution in [0.3, 0.4) is 0 Å². The summed E-state index contributed by atoms with van der Waals surface area (Å²) in [7, 11) is 0. The maximum atomic E-state index is 13.7. The highest BCUT2D eigenvalue weighted by atomic mass is 16.7. The first-order valence-corrected chi connectivity index (χ1v) is 31.6. The summed E-state index contributed by atoms with van der Waals surface area (Å²) in [5.74, 6) is -2.25. The zero-order valence-corrected chi connectivity index (χ0v) is 57.1. The van der Waals surface area contributed by atoms with E-state index in [0.717, 1.165) is 0 Å². The molecule has 1 fully saturated rings. The molecule has 0 aromatic heterocycles. The van der Waals surface area contributed by atoms with Crippen LogP contribution in [0.15, 0.2) is 0 Å². The zero-order valence-electron chi connectivity index (χ0n) is 57.1. The summed E-state index contributed by atoms with van der Waals surface area (Å²) in [6.45, 7) is 28.7. The number of hydrogen-bond donors (Lipinski definition) is 15. The largest absolute Gasteiger partial charge is 0.394 e. The smallest absolute Gasteiger partial charge is 0.220 e. The summed E-state index contributed by atoms with van der Waals surface area (Å²) >= 11 is 0. The number of carbonyl (C=O) groups is 6. The maximum absolute atomic E-state index is 13.7. The quantitative estimate of drug-likeness (QED) is 0.0374. The van der Waals surface area contributed by atoms with Crippen molar-refractivity contribution in [3.8, 4) is 0 Å². The Kier molecular flexibility index (Phi) is 36.7. The fraction of sp³-hybridized carbons (Fsp3) is 0.905. The molecule has 0 saturated carbocycles. The molecule has 0 spiro atoms. The van der Waals surface area contributed by atoms with Gasteiger partial charge in [-0.1, -0.05) is 83.1 Å². The predicted molar refractivity (Wildman–Crippen MR) is 334 cm³/mol. The van der Waals surface area contributed by atoms with Gasteiger partial charge in [-0.05, 0) is 90.8 Å². The molecule has 0 aromatic carbocycles. The molecule has 13 atom stereocenters. The lowest BCUT2D eigenvalue weighted by atomic mass is 9.75. The fourth-order valence-corrected chi connectivity index (χ4v) is 11.9. The highest BCUT2D eigenvalue weighted by Crippen LogP contribution is 2.37. The van der Waals surface area contributed by atoms with Crippen molar-refractivity contribution in [2.45, 2.75) is 255 Å². The standard InChI is InChI=1S/C63H120N6O21/c1-38(75)46(26-72)88-55(44(24-70)67-40(3)77)85-35-61(12,13)29-58(6,7)32-64-49(80)21-18-43(19-22-50(81)65-33-59(8,9)30-62(14,15)36-86-56(45(25-71)68-41(4)78)89-47(27-73)39(2)76)20-23-51(82)66-34-60(10,11)31-63(16,17)37-87-57-52(69-42(5)79)54(84)53(83)48(28-74)90-57/h38-39,43-48,52-57,70-76,83-84H,18-37H2,1-17H3,(H,64,80)(H,65,81)(H,66,82)(H,67,77)(H,68,78)(H,69,79)/t38-,39-,43?,44+,45+,46?,47?,48?,52?,53?,54?,55?,56?,57?/m1/s1. The Hall–Kier alpha value is -3.78. The molecule has 6 amide bonds. The topological polar surface area (TPSA) is 412 Å². The number of ether oxygens (including phenoxy) is 6. The molecule has 1 heterocycles. The number of carbonyl (C=O) groups excluding carboxylic acids is 6. The number of aliphatic hydroxyl groups excluding tert-OH is 9. The Morgan fingerprint density at radius 1 is 0.489 bits per heavy atom. The molecule has 1 aliphatic heterocycles. The van der Waals surface area contributed by atoms with E-state index >= 15 is 0 Å². The molecular weight excluding hydrogens is 1180 g/mol. The van der Waals surface area contributed by atoms with Gasteiger partial charge in [-0.3, -0.25) is 28.8 Å². The molecule has 27 heteroatoms. The summed E-state index contributed by atoms with van der Waals surface area (Å²) in [5, 5.41) is 108. The van der Waals surface area contributed by atoms with Crippen LogP contribution in [-0.4, -0.2) is 234 Å². The third-order valence-electron chi connectivity index (χ3n) is 15.5. The molecule has 0 aromatic rings. The van der Waals surface area contributed by atoms with E-state index in [1.54, 1.807) is 0 Å². The third kappa shape index (κ3) is 33.9. The number of hydrogen-bond acceptors (Lipinski definition) is 21. The average Bonchev–Trinajstić information content (AvgIpc) is 0.929. The summed E-state index contributed by atoms with van der Waals surface area (Å²) in [4.78, 5) is 76.9. The minimum Gasteiger partial charge on any atom is -0.394 e. The van der Waals surface area contributed by atoms with Crippen LogP contribution in [0, 0.1) is 38.4 Å². The lowest BCUT2D eigenvalue weighted by molar-refractivity contribution is -0.276. The van der Waals surface area contributed by atoms with Gasteiger partial charge in [0.25, 0.3) is 0 Å². The highest BCUT2D eigenvalue weighted by Gasteiger charge is 2.46. The normalized spacial score (nSPS) is 20.9.